The van der Waals surface area contributed by atoms with Crippen molar-refractivity contribution >= 4 is 6.41 Å². The highest BCUT2D eigenvalue weighted by Crippen LogP contribution is 2.52. The van der Waals surface area contributed by atoms with Crippen molar-refractivity contribution in [3.05, 3.63) is 35.6 Å². The van der Waals surface area contributed by atoms with E-state index in [1.807, 2.05) is 0 Å². The summed E-state index contributed by atoms with van der Waals surface area (Å²) < 4.78 is 18.8. The Morgan fingerprint density at radius 2 is 2.11 bits per heavy atom. The smallest absolute Gasteiger partial charge is 0.209 e. The molecule has 1 aromatic carbocycles. The summed E-state index contributed by atoms with van der Waals surface area (Å²) in [7, 11) is 0. The normalized spacial score (nSPS) is 34.7. The summed E-state index contributed by atoms with van der Waals surface area (Å²) in [6.45, 7) is 3.46. The van der Waals surface area contributed by atoms with Crippen molar-refractivity contribution in [2.75, 3.05) is 13.1 Å². The van der Waals surface area contributed by atoms with Crippen LogP contribution in [0.4, 0.5) is 4.39 Å². The van der Waals surface area contributed by atoms with Crippen LogP contribution in [0, 0.1) is 5.82 Å². The fourth-order valence-corrected chi connectivity index (χ4v) is 3.07. The Morgan fingerprint density at radius 1 is 1.44 bits per heavy atom. The Labute approximate surface area is 106 Å². The van der Waals surface area contributed by atoms with Crippen LogP contribution < -0.4 is 0 Å². The molecule has 2 heterocycles. The minimum atomic E-state index is -0.236. The number of ether oxygens (including phenoxy) is 1. The van der Waals surface area contributed by atoms with Crippen LogP contribution in [0.1, 0.15) is 24.8 Å². The van der Waals surface area contributed by atoms with Gasteiger partial charge in [0, 0.05) is 19.0 Å². The topological polar surface area (TPSA) is 32.8 Å². The molecule has 1 aromatic rings. The van der Waals surface area contributed by atoms with Crippen molar-refractivity contribution in [3.63, 3.8) is 0 Å². The van der Waals surface area contributed by atoms with Gasteiger partial charge in [-0.2, -0.15) is 0 Å². The largest absolute Gasteiger partial charge is 0.366 e. The number of amides is 1. The third kappa shape index (κ3) is 1.72. The zero-order valence-corrected chi connectivity index (χ0v) is 10.3. The van der Waals surface area contributed by atoms with Crippen LogP contribution in [-0.4, -0.2) is 36.1 Å². The Bertz CT molecular complexity index is 461. The Hall–Kier alpha value is -1.42. The third-order valence-corrected chi connectivity index (χ3v) is 4.25. The van der Waals surface area contributed by atoms with E-state index in [1.54, 1.807) is 17.0 Å². The van der Waals surface area contributed by atoms with Crippen LogP contribution in [0.5, 0.6) is 0 Å². The first-order chi connectivity index (χ1) is 8.65. The van der Waals surface area contributed by atoms with Crippen LogP contribution >= 0.6 is 0 Å². The molecule has 0 saturated carbocycles. The quantitative estimate of drug-likeness (QED) is 0.592. The minimum Gasteiger partial charge on any atom is -0.366 e. The lowest BCUT2D eigenvalue weighted by Crippen LogP contribution is -2.44. The number of hydrogen-bond donors (Lipinski definition) is 0. The summed E-state index contributed by atoms with van der Waals surface area (Å²) in [6.07, 6.45) is 1.96. The predicted molar refractivity (Wildman–Crippen MR) is 64.7 cm³/mol. The highest BCUT2D eigenvalue weighted by atomic mass is 19.1. The fraction of sp³-hybridized carbons (Fsp3) is 0.500. The van der Waals surface area contributed by atoms with Crippen LogP contribution in [0.15, 0.2) is 24.3 Å². The van der Waals surface area contributed by atoms with E-state index in [4.69, 9.17) is 4.74 Å². The molecule has 3 rings (SSSR count). The van der Waals surface area contributed by atoms with E-state index in [2.05, 4.69) is 6.92 Å². The molecule has 3 nitrogen and oxygen atoms in total. The molecule has 0 bridgehead atoms. The minimum absolute atomic E-state index is 0.142. The number of piperidine rings is 1. The van der Waals surface area contributed by atoms with E-state index in [9.17, 15) is 9.18 Å². The molecular formula is C14H16FNO2. The fourth-order valence-electron chi connectivity index (χ4n) is 3.07. The van der Waals surface area contributed by atoms with E-state index in [0.717, 1.165) is 24.9 Å². The summed E-state index contributed by atoms with van der Waals surface area (Å²) >= 11 is 0. The summed E-state index contributed by atoms with van der Waals surface area (Å²) in [5, 5.41) is 0. The van der Waals surface area contributed by atoms with E-state index in [-0.39, 0.29) is 23.4 Å². The number of nitrogens with zero attached hydrogens (tertiary/aromatic N) is 1. The second-order valence-corrected chi connectivity index (χ2v) is 5.17. The first-order valence-corrected chi connectivity index (χ1v) is 6.28. The maximum atomic E-state index is 13.0. The number of rotatable bonds is 2. The number of hydrogen-bond acceptors (Lipinski definition) is 2. The molecule has 2 aliphatic rings. The van der Waals surface area contributed by atoms with Gasteiger partial charge in [-0.3, -0.25) is 4.79 Å². The molecule has 0 aliphatic carbocycles. The van der Waals surface area contributed by atoms with Crippen molar-refractivity contribution in [1.82, 2.24) is 4.90 Å². The van der Waals surface area contributed by atoms with Gasteiger partial charge in [0.15, 0.2) is 0 Å². The monoisotopic (exact) mass is 249 g/mol. The molecule has 3 atom stereocenters. The van der Waals surface area contributed by atoms with Gasteiger partial charge < -0.3 is 9.64 Å². The number of benzene rings is 1. The van der Waals surface area contributed by atoms with Crippen LogP contribution in [0.2, 0.25) is 0 Å². The summed E-state index contributed by atoms with van der Waals surface area (Å²) in [5.41, 5.74) is 0.907. The molecule has 0 radical (unpaired) electrons. The predicted octanol–water partition coefficient (Wildman–Crippen LogP) is 1.93. The molecule has 1 amide bonds. The van der Waals surface area contributed by atoms with Gasteiger partial charge in [0.2, 0.25) is 6.41 Å². The maximum absolute atomic E-state index is 13.0. The molecule has 0 N–H and O–H groups in total. The van der Waals surface area contributed by atoms with Gasteiger partial charge in [-0.1, -0.05) is 12.1 Å². The molecule has 18 heavy (non-hydrogen) atoms. The highest BCUT2D eigenvalue weighted by molar-refractivity contribution is 5.48. The van der Waals surface area contributed by atoms with Crippen LogP contribution in [0.3, 0.4) is 0 Å². The number of carbonyl (C=O) groups is 1. The van der Waals surface area contributed by atoms with Gasteiger partial charge in [-0.05, 0) is 31.0 Å². The van der Waals surface area contributed by atoms with Crippen molar-refractivity contribution in [1.29, 1.82) is 0 Å². The van der Waals surface area contributed by atoms with Crippen LogP contribution in [0.25, 0.3) is 0 Å². The van der Waals surface area contributed by atoms with Gasteiger partial charge in [0.05, 0.1) is 6.10 Å². The van der Waals surface area contributed by atoms with Crippen molar-refractivity contribution in [3.8, 4) is 0 Å². The molecule has 2 aliphatic heterocycles. The maximum Gasteiger partial charge on any atom is 0.209 e. The Morgan fingerprint density at radius 3 is 2.67 bits per heavy atom. The van der Waals surface area contributed by atoms with Gasteiger partial charge in [0.1, 0.15) is 11.4 Å². The van der Waals surface area contributed by atoms with Crippen LogP contribution in [-0.2, 0) is 9.53 Å². The lowest BCUT2D eigenvalue weighted by molar-refractivity contribution is -0.119. The molecule has 4 heteroatoms. The van der Waals surface area contributed by atoms with Gasteiger partial charge >= 0.3 is 0 Å². The summed E-state index contributed by atoms with van der Waals surface area (Å²) in [5.74, 6) is -0.0901. The average Bonchev–Trinajstić information content (AvgIpc) is 3.02. The zero-order valence-electron chi connectivity index (χ0n) is 10.3. The van der Waals surface area contributed by atoms with E-state index < -0.39 is 0 Å². The lowest BCUT2D eigenvalue weighted by Gasteiger charge is -2.35. The number of halogens is 1. The molecule has 0 aromatic heterocycles. The van der Waals surface area contributed by atoms with Crippen molar-refractivity contribution in [2.45, 2.75) is 31.0 Å². The summed E-state index contributed by atoms with van der Waals surface area (Å²) in [6, 6.07) is 6.53. The highest BCUT2D eigenvalue weighted by Gasteiger charge is 2.60. The van der Waals surface area contributed by atoms with Crippen molar-refractivity contribution < 1.29 is 13.9 Å². The summed E-state index contributed by atoms with van der Waals surface area (Å²) in [4.78, 5) is 12.7. The Balaban J connectivity index is 1.90. The van der Waals surface area contributed by atoms with E-state index in [0.29, 0.717) is 6.54 Å². The molecule has 96 valence electrons. The molecular weight excluding hydrogens is 233 g/mol. The molecule has 2 fully saturated rings. The average molecular weight is 249 g/mol. The zero-order chi connectivity index (χ0) is 12.8. The standard InChI is InChI=1S/C14H16FNO2/c1-10-14(18-10)6-7-16(9-17)8-13(14)11-2-4-12(15)5-3-11/h2-5,9-10,13H,6-8H2,1H3. The number of carbonyl (C=O) groups excluding carboxylic acids is 1. The number of epoxide rings is 1. The molecule has 2 saturated heterocycles. The van der Waals surface area contributed by atoms with Crippen molar-refractivity contribution in [2.24, 2.45) is 0 Å². The number of likely N-dealkylation sites (tertiary alicyclic amines) is 1. The van der Waals surface area contributed by atoms with Gasteiger partial charge in [-0.15, -0.1) is 0 Å². The molecule has 3 unspecified atom stereocenters. The second kappa shape index (κ2) is 4.05. The van der Waals surface area contributed by atoms with E-state index >= 15 is 0 Å². The van der Waals surface area contributed by atoms with Gasteiger partial charge in [-0.25, -0.2) is 4.39 Å². The SMILES string of the molecule is CC1OC12CCN(C=O)CC2c1ccc(F)cc1. The molecule has 1 spiro atoms. The van der Waals surface area contributed by atoms with E-state index in [1.165, 1.54) is 12.1 Å². The Kier molecular flexibility index (Phi) is 2.63. The first-order valence-electron chi connectivity index (χ1n) is 6.28. The lowest BCUT2D eigenvalue weighted by atomic mass is 9.78. The third-order valence-electron chi connectivity index (χ3n) is 4.25. The first kappa shape index (κ1) is 11.7. The second-order valence-electron chi connectivity index (χ2n) is 5.17. The van der Waals surface area contributed by atoms with Gasteiger partial charge in [0.25, 0.3) is 0 Å².